The molecule has 2 aliphatic rings. The fourth-order valence-corrected chi connectivity index (χ4v) is 10.2. The van der Waals surface area contributed by atoms with E-state index in [9.17, 15) is 0 Å². The topological polar surface area (TPSA) is 70.1 Å². The van der Waals surface area contributed by atoms with E-state index in [4.69, 9.17) is 24.7 Å². The molecule has 0 N–H and O–H groups in total. The molecule has 4 aromatic carbocycles. The minimum absolute atomic E-state index is 0.195. The zero-order valence-corrected chi connectivity index (χ0v) is 34.8. The van der Waals surface area contributed by atoms with Crippen LogP contribution in [-0.2, 0) is 16.7 Å². The standard InChI is InChI=1S/C52H46N6O/c1-30-16-18-43-40(23-30)47-45(28-44(33(4)55-47)58-42-19-17-35(34-13-10-9-11-14-34)26-39(42)38-15-12-21-54-48(38)58)57(43)46-27-36(20-22-53-46)49-56-51(8)41-25-32(3)31(2)24-37(41)29-52(51,59-49)50(5,6)7/h9-28H,29H2,1-8H3/t51-,52-/m1/s1. The Kier molecular flexibility index (Phi) is 7.36. The van der Waals surface area contributed by atoms with Crippen LogP contribution in [0.25, 0.3) is 66.5 Å². The number of rotatable bonds is 4. The highest BCUT2D eigenvalue weighted by Gasteiger charge is 2.66. The van der Waals surface area contributed by atoms with Gasteiger partial charge in [0.05, 0.1) is 33.4 Å². The zero-order chi connectivity index (χ0) is 40.6. The lowest BCUT2D eigenvalue weighted by Crippen LogP contribution is -2.54. The molecule has 11 rings (SSSR count). The van der Waals surface area contributed by atoms with Crippen molar-refractivity contribution in [3.05, 3.63) is 161 Å². The molecule has 290 valence electrons. The Labute approximate surface area is 344 Å². The van der Waals surface area contributed by atoms with E-state index in [1.165, 1.54) is 38.9 Å². The van der Waals surface area contributed by atoms with Gasteiger partial charge < -0.3 is 4.74 Å². The second-order valence-corrected chi connectivity index (χ2v) is 18.0. The Morgan fingerprint density at radius 3 is 2.24 bits per heavy atom. The molecule has 0 unspecified atom stereocenters. The lowest BCUT2D eigenvalue weighted by atomic mass is 9.66. The first-order chi connectivity index (χ1) is 28.3. The molecular formula is C52H46N6O. The van der Waals surface area contributed by atoms with E-state index >= 15 is 0 Å². The van der Waals surface area contributed by atoms with Crippen molar-refractivity contribution in [2.24, 2.45) is 10.4 Å². The Hall–Kier alpha value is -6.60. The molecule has 7 heteroatoms. The molecule has 0 saturated heterocycles. The highest BCUT2D eigenvalue weighted by molar-refractivity contribution is 6.11. The molecular weight excluding hydrogens is 725 g/mol. The van der Waals surface area contributed by atoms with E-state index < -0.39 is 11.1 Å². The number of aromatic nitrogens is 5. The maximum atomic E-state index is 7.24. The van der Waals surface area contributed by atoms with Crippen molar-refractivity contribution in [3.8, 4) is 22.6 Å². The number of ether oxygens (including phenoxy) is 1. The molecule has 2 atom stereocenters. The lowest BCUT2D eigenvalue weighted by molar-refractivity contribution is -0.0673. The summed E-state index contributed by atoms with van der Waals surface area (Å²) in [6.07, 6.45) is 4.56. The van der Waals surface area contributed by atoms with E-state index in [1.807, 2.05) is 24.5 Å². The summed E-state index contributed by atoms with van der Waals surface area (Å²) in [5.74, 6) is 1.44. The van der Waals surface area contributed by atoms with Gasteiger partial charge in [-0.2, -0.15) is 0 Å². The van der Waals surface area contributed by atoms with Crippen molar-refractivity contribution in [2.75, 3.05) is 0 Å². The average Bonchev–Trinajstić information content (AvgIpc) is 3.90. The number of pyridine rings is 3. The normalized spacial score (nSPS) is 18.8. The molecule has 7 nitrogen and oxygen atoms in total. The van der Waals surface area contributed by atoms with Gasteiger partial charge in [-0.3, -0.25) is 9.13 Å². The van der Waals surface area contributed by atoms with Crippen molar-refractivity contribution in [1.29, 1.82) is 0 Å². The van der Waals surface area contributed by atoms with Gasteiger partial charge in [0.15, 0.2) is 0 Å². The number of fused-ring (bicyclic) bond motifs is 9. The third kappa shape index (κ3) is 4.94. The summed E-state index contributed by atoms with van der Waals surface area (Å²) >= 11 is 0. The Bertz CT molecular complexity index is 3270. The fourth-order valence-electron chi connectivity index (χ4n) is 10.2. The van der Waals surface area contributed by atoms with Gasteiger partial charge in [0.1, 0.15) is 22.6 Å². The van der Waals surface area contributed by atoms with Crippen LogP contribution in [0.15, 0.2) is 127 Å². The zero-order valence-electron chi connectivity index (χ0n) is 34.8. The number of aryl methyl sites for hydroxylation is 4. The molecule has 0 amide bonds. The third-order valence-electron chi connectivity index (χ3n) is 13.4. The second kappa shape index (κ2) is 12.2. The molecule has 9 aromatic rings. The van der Waals surface area contributed by atoms with Gasteiger partial charge in [-0.1, -0.05) is 80.9 Å². The minimum Gasteiger partial charge on any atom is -0.467 e. The van der Waals surface area contributed by atoms with Crippen LogP contribution in [0.3, 0.4) is 0 Å². The molecule has 0 saturated carbocycles. The molecule has 59 heavy (non-hydrogen) atoms. The number of hydrogen-bond donors (Lipinski definition) is 0. The van der Waals surface area contributed by atoms with Crippen LogP contribution in [0.5, 0.6) is 0 Å². The van der Waals surface area contributed by atoms with Gasteiger partial charge in [-0.25, -0.2) is 19.9 Å². The maximum Gasteiger partial charge on any atom is 0.217 e. The Morgan fingerprint density at radius 1 is 0.644 bits per heavy atom. The molecule has 1 aliphatic heterocycles. The van der Waals surface area contributed by atoms with Crippen LogP contribution in [0.4, 0.5) is 0 Å². The quantitative estimate of drug-likeness (QED) is 0.179. The second-order valence-electron chi connectivity index (χ2n) is 18.0. The van der Waals surface area contributed by atoms with Gasteiger partial charge in [-0.15, -0.1) is 0 Å². The van der Waals surface area contributed by atoms with Crippen molar-refractivity contribution < 1.29 is 4.74 Å². The maximum absolute atomic E-state index is 7.24. The van der Waals surface area contributed by atoms with Gasteiger partial charge in [0.25, 0.3) is 0 Å². The third-order valence-corrected chi connectivity index (χ3v) is 13.4. The summed E-state index contributed by atoms with van der Waals surface area (Å²) in [5.41, 5.74) is 15.1. The summed E-state index contributed by atoms with van der Waals surface area (Å²) in [6, 6.07) is 39.1. The number of aliphatic imine (C=N–C) groups is 1. The summed E-state index contributed by atoms with van der Waals surface area (Å²) in [5, 5.41) is 3.33. The van der Waals surface area contributed by atoms with E-state index in [-0.39, 0.29) is 5.41 Å². The van der Waals surface area contributed by atoms with Crippen molar-refractivity contribution >= 4 is 49.8 Å². The van der Waals surface area contributed by atoms with Crippen LogP contribution < -0.4 is 0 Å². The van der Waals surface area contributed by atoms with Crippen molar-refractivity contribution in [1.82, 2.24) is 24.1 Å². The average molecular weight is 771 g/mol. The van der Waals surface area contributed by atoms with Crippen molar-refractivity contribution in [2.45, 2.75) is 73.0 Å². The van der Waals surface area contributed by atoms with Crippen molar-refractivity contribution in [3.63, 3.8) is 0 Å². The summed E-state index contributed by atoms with van der Waals surface area (Å²) in [7, 11) is 0. The van der Waals surface area contributed by atoms with Crippen LogP contribution in [0.1, 0.15) is 66.8 Å². The predicted octanol–water partition coefficient (Wildman–Crippen LogP) is 12.0. The monoisotopic (exact) mass is 770 g/mol. The lowest BCUT2D eigenvalue weighted by Gasteiger charge is -2.45. The van der Waals surface area contributed by atoms with E-state index in [2.05, 4.69) is 162 Å². The Balaban J connectivity index is 1.11. The summed E-state index contributed by atoms with van der Waals surface area (Å²) in [6.45, 7) is 17.8. The first kappa shape index (κ1) is 35.6. The van der Waals surface area contributed by atoms with Crippen LogP contribution >= 0.6 is 0 Å². The van der Waals surface area contributed by atoms with Gasteiger partial charge >= 0.3 is 0 Å². The van der Waals surface area contributed by atoms with Crippen LogP contribution in [-0.4, -0.2) is 35.6 Å². The Morgan fingerprint density at radius 2 is 1.42 bits per heavy atom. The minimum atomic E-state index is -0.545. The smallest absolute Gasteiger partial charge is 0.217 e. The number of hydrogen-bond acceptors (Lipinski definition) is 5. The fraction of sp³-hybridized carbons (Fsp3) is 0.231. The highest BCUT2D eigenvalue weighted by Crippen LogP contribution is 2.60. The molecule has 5 aromatic heterocycles. The molecule has 0 bridgehead atoms. The van der Waals surface area contributed by atoms with E-state index in [1.54, 1.807) is 0 Å². The summed E-state index contributed by atoms with van der Waals surface area (Å²) < 4.78 is 11.8. The SMILES string of the molecule is Cc1ccc2c(c1)c1nc(C)c(-n3c4ccc(-c5ccccc5)cc4c4cccnc43)cc1n2-c1cc(C2=N[C@]3(C)c4cc(C)c(C)cc4C[C@]3(C(C)(C)C)O2)ccn1. The summed E-state index contributed by atoms with van der Waals surface area (Å²) in [4.78, 5) is 21.0. The molecule has 0 radical (unpaired) electrons. The highest BCUT2D eigenvalue weighted by atomic mass is 16.5. The van der Waals surface area contributed by atoms with Gasteiger partial charge in [-0.05, 0) is 123 Å². The first-order valence-electron chi connectivity index (χ1n) is 20.6. The van der Waals surface area contributed by atoms with Crippen LogP contribution in [0.2, 0.25) is 0 Å². The predicted molar refractivity (Wildman–Crippen MR) is 240 cm³/mol. The van der Waals surface area contributed by atoms with Gasteiger partial charge in [0.2, 0.25) is 5.90 Å². The molecule has 0 fully saturated rings. The largest absolute Gasteiger partial charge is 0.467 e. The molecule has 1 aliphatic carbocycles. The van der Waals surface area contributed by atoms with Crippen LogP contribution in [0, 0.1) is 33.1 Å². The van der Waals surface area contributed by atoms with E-state index in [0.29, 0.717) is 5.90 Å². The first-order valence-corrected chi connectivity index (χ1v) is 20.6. The number of nitrogens with zero attached hydrogens (tertiary/aromatic N) is 6. The van der Waals surface area contributed by atoms with Gasteiger partial charge in [0, 0.05) is 46.0 Å². The molecule has 6 heterocycles. The van der Waals surface area contributed by atoms with E-state index in [0.717, 1.165) is 73.1 Å². The molecule has 0 spiro atoms. The number of benzene rings is 4.